The minimum absolute atomic E-state index is 0.113. The first-order valence-electron chi connectivity index (χ1n) is 9.03. The summed E-state index contributed by atoms with van der Waals surface area (Å²) in [5, 5.41) is 3.00. The van der Waals surface area contributed by atoms with Crippen molar-refractivity contribution in [3.63, 3.8) is 0 Å². The van der Waals surface area contributed by atoms with Gasteiger partial charge < -0.3 is 5.32 Å². The summed E-state index contributed by atoms with van der Waals surface area (Å²) < 4.78 is 27.5. The molecule has 0 radical (unpaired) electrons. The predicted octanol–water partition coefficient (Wildman–Crippen LogP) is 4.37. The maximum Gasteiger partial charge on any atom is 0.261 e. The van der Waals surface area contributed by atoms with Gasteiger partial charge in [-0.25, -0.2) is 8.42 Å². The molecule has 28 heavy (non-hydrogen) atoms. The second-order valence-corrected chi connectivity index (χ2v) is 8.03. The number of amides is 1. The maximum atomic E-state index is 12.7. The largest absolute Gasteiger partial charge is 0.345 e. The van der Waals surface area contributed by atoms with Crippen molar-refractivity contribution >= 4 is 21.6 Å². The summed E-state index contributed by atoms with van der Waals surface area (Å²) in [6, 6.07) is 24.2. The van der Waals surface area contributed by atoms with Gasteiger partial charge in [-0.15, -0.1) is 0 Å². The lowest BCUT2D eigenvalue weighted by molar-refractivity contribution is 0.0935. The van der Waals surface area contributed by atoms with E-state index in [2.05, 4.69) is 10.0 Å². The fourth-order valence-electron chi connectivity index (χ4n) is 2.89. The number of carbonyl (C=O) groups excluding carboxylic acids is 1. The van der Waals surface area contributed by atoms with Crippen LogP contribution in [0.15, 0.2) is 89.8 Å². The summed E-state index contributed by atoms with van der Waals surface area (Å²) in [4.78, 5) is 12.9. The monoisotopic (exact) mass is 394 g/mol. The second-order valence-electron chi connectivity index (χ2n) is 6.34. The van der Waals surface area contributed by atoms with E-state index in [0.29, 0.717) is 11.3 Å². The highest BCUT2D eigenvalue weighted by Crippen LogP contribution is 2.19. The van der Waals surface area contributed by atoms with E-state index in [4.69, 9.17) is 0 Å². The molecular weight excluding hydrogens is 372 g/mol. The fourth-order valence-corrected chi connectivity index (χ4v) is 3.96. The number of hydrogen-bond acceptors (Lipinski definition) is 3. The Morgan fingerprint density at radius 1 is 0.893 bits per heavy atom. The smallest absolute Gasteiger partial charge is 0.261 e. The quantitative estimate of drug-likeness (QED) is 0.625. The van der Waals surface area contributed by atoms with Crippen LogP contribution >= 0.6 is 0 Å². The number of anilines is 1. The lowest BCUT2D eigenvalue weighted by atomic mass is 10.0. The Morgan fingerprint density at radius 3 is 2.18 bits per heavy atom. The van der Waals surface area contributed by atoms with Gasteiger partial charge in [0.1, 0.15) is 0 Å². The van der Waals surface area contributed by atoms with Crippen LogP contribution in [0.2, 0.25) is 0 Å². The average molecular weight is 394 g/mol. The highest BCUT2D eigenvalue weighted by Gasteiger charge is 2.16. The van der Waals surface area contributed by atoms with Crippen LogP contribution in [0.4, 0.5) is 5.69 Å². The molecule has 0 fully saturated rings. The van der Waals surface area contributed by atoms with E-state index >= 15 is 0 Å². The molecule has 0 aliphatic carbocycles. The number of hydrogen-bond donors (Lipinski definition) is 2. The molecule has 0 bridgehead atoms. The molecule has 0 spiro atoms. The van der Waals surface area contributed by atoms with Gasteiger partial charge in [-0.2, -0.15) is 0 Å². The van der Waals surface area contributed by atoms with Gasteiger partial charge in [-0.1, -0.05) is 61.5 Å². The summed E-state index contributed by atoms with van der Waals surface area (Å²) >= 11 is 0. The molecule has 3 rings (SSSR count). The van der Waals surface area contributed by atoms with Crippen LogP contribution in [0.25, 0.3) is 0 Å². The molecule has 2 N–H and O–H groups in total. The number of nitrogens with one attached hydrogen (secondary N) is 2. The average Bonchev–Trinajstić information content (AvgIpc) is 2.73. The van der Waals surface area contributed by atoms with Crippen LogP contribution in [0, 0.1) is 0 Å². The summed E-state index contributed by atoms with van der Waals surface area (Å²) in [5.74, 6) is -0.253. The van der Waals surface area contributed by atoms with Crippen molar-refractivity contribution in [2.24, 2.45) is 0 Å². The van der Waals surface area contributed by atoms with E-state index in [1.807, 2.05) is 37.3 Å². The van der Waals surface area contributed by atoms with Gasteiger partial charge >= 0.3 is 0 Å². The zero-order valence-corrected chi connectivity index (χ0v) is 16.3. The van der Waals surface area contributed by atoms with Gasteiger partial charge in [0.2, 0.25) is 0 Å². The zero-order chi connectivity index (χ0) is 20.0. The van der Waals surface area contributed by atoms with Gasteiger partial charge in [-0.3, -0.25) is 9.52 Å². The van der Waals surface area contributed by atoms with Gasteiger partial charge in [0.25, 0.3) is 15.9 Å². The predicted molar refractivity (Wildman–Crippen MR) is 111 cm³/mol. The SMILES string of the molecule is CC[C@H](NC(=O)c1cccc(NS(=O)(=O)c2ccccc2)c1)c1ccccc1. The molecule has 1 amide bonds. The lowest BCUT2D eigenvalue weighted by Gasteiger charge is -2.18. The van der Waals surface area contributed by atoms with E-state index in [1.165, 1.54) is 18.2 Å². The standard InChI is InChI=1S/C22H22N2O3S/c1-2-21(17-10-5-3-6-11-17)23-22(25)18-12-9-13-19(16-18)24-28(26,27)20-14-7-4-8-15-20/h3-16,21,24H,2H2,1H3,(H,23,25)/t21-/m0/s1. The Hall–Kier alpha value is -3.12. The number of sulfonamides is 1. The van der Waals surface area contributed by atoms with Crippen molar-refractivity contribution in [3.05, 3.63) is 96.1 Å². The molecule has 3 aromatic rings. The summed E-state index contributed by atoms with van der Waals surface area (Å²) in [6.07, 6.45) is 0.746. The Bertz CT molecular complexity index is 1040. The van der Waals surface area contributed by atoms with Crippen LogP contribution in [-0.4, -0.2) is 14.3 Å². The molecule has 0 aromatic heterocycles. The number of benzene rings is 3. The summed E-state index contributed by atoms with van der Waals surface area (Å²) in [6.45, 7) is 2.00. The van der Waals surface area contributed by atoms with Gasteiger partial charge in [0.15, 0.2) is 0 Å². The van der Waals surface area contributed by atoms with Crippen molar-refractivity contribution in [1.29, 1.82) is 0 Å². The van der Waals surface area contributed by atoms with E-state index in [1.54, 1.807) is 36.4 Å². The molecule has 1 atom stereocenters. The van der Waals surface area contributed by atoms with Crippen LogP contribution < -0.4 is 10.0 Å². The third-order valence-corrected chi connectivity index (χ3v) is 5.74. The lowest BCUT2D eigenvalue weighted by Crippen LogP contribution is -2.28. The normalized spacial score (nSPS) is 12.2. The Morgan fingerprint density at radius 2 is 1.54 bits per heavy atom. The number of carbonyl (C=O) groups is 1. The van der Waals surface area contributed by atoms with E-state index < -0.39 is 10.0 Å². The first-order valence-corrected chi connectivity index (χ1v) is 10.5. The zero-order valence-electron chi connectivity index (χ0n) is 15.5. The molecule has 0 unspecified atom stereocenters. The van der Waals surface area contributed by atoms with E-state index in [0.717, 1.165) is 12.0 Å². The number of rotatable bonds is 7. The molecule has 0 saturated carbocycles. The Labute approximate surface area is 165 Å². The molecule has 5 nitrogen and oxygen atoms in total. The van der Waals surface area contributed by atoms with E-state index in [9.17, 15) is 13.2 Å². The minimum atomic E-state index is -3.71. The van der Waals surface area contributed by atoms with Crippen molar-refractivity contribution in [2.45, 2.75) is 24.3 Å². The molecule has 6 heteroatoms. The van der Waals surface area contributed by atoms with E-state index in [-0.39, 0.29) is 16.8 Å². The molecule has 0 aliphatic rings. The van der Waals surface area contributed by atoms with Crippen LogP contribution in [0.1, 0.15) is 35.3 Å². The van der Waals surface area contributed by atoms with Crippen molar-refractivity contribution in [3.8, 4) is 0 Å². The molecule has 0 heterocycles. The molecular formula is C22H22N2O3S. The second kappa shape index (κ2) is 8.71. The van der Waals surface area contributed by atoms with Crippen LogP contribution in [0.5, 0.6) is 0 Å². The third kappa shape index (κ3) is 4.78. The maximum absolute atomic E-state index is 12.7. The topological polar surface area (TPSA) is 75.3 Å². The molecule has 144 valence electrons. The summed E-state index contributed by atoms with van der Waals surface area (Å²) in [7, 11) is -3.71. The van der Waals surface area contributed by atoms with Gasteiger partial charge in [0.05, 0.1) is 10.9 Å². The first-order chi connectivity index (χ1) is 13.5. The highest BCUT2D eigenvalue weighted by molar-refractivity contribution is 7.92. The fraction of sp³-hybridized carbons (Fsp3) is 0.136. The molecule has 0 aliphatic heterocycles. The van der Waals surface area contributed by atoms with Crippen molar-refractivity contribution in [2.75, 3.05) is 4.72 Å². The van der Waals surface area contributed by atoms with Crippen molar-refractivity contribution < 1.29 is 13.2 Å². The first kappa shape index (κ1) is 19.6. The highest BCUT2D eigenvalue weighted by atomic mass is 32.2. The Balaban J connectivity index is 1.76. The minimum Gasteiger partial charge on any atom is -0.345 e. The third-order valence-electron chi connectivity index (χ3n) is 4.35. The van der Waals surface area contributed by atoms with Gasteiger partial charge in [0, 0.05) is 11.3 Å². The van der Waals surface area contributed by atoms with Gasteiger partial charge in [-0.05, 0) is 42.3 Å². The summed E-state index contributed by atoms with van der Waals surface area (Å²) in [5.41, 5.74) is 1.76. The molecule has 3 aromatic carbocycles. The van der Waals surface area contributed by atoms with Crippen molar-refractivity contribution in [1.82, 2.24) is 5.32 Å². The Kier molecular flexibility index (Phi) is 6.11. The molecule has 0 saturated heterocycles. The van der Waals surface area contributed by atoms with Crippen LogP contribution in [0.3, 0.4) is 0 Å². The van der Waals surface area contributed by atoms with Crippen LogP contribution in [-0.2, 0) is 10.0 Å².